The molecule has 28 heavy (non-hydrogen) atoms. The monoisotopic (exact) mass is 494 g/mol. The van der Waals surface area contributed by atoms with Gasteiger partial charge in [-0.05, 0) is 35.7 Å². The number of guanidine groups is 1. The van der Waals surface area contributed by atoms with Crippen molar-refractivity contribution in [2.45, 2.75) is 19.6 Å². The van der Waals surface area contributed by atoms with Crippen molar-refractivity contribution in [3.05, 3.63) is 70.8 Å². The fraction of sp³-hybridized carbons (Fsp3) is 0.333. The van der Waals surface area contributed by atoms with E-state index in [0.717, 1.165) is 24.6 Å². The number of primary amides is 1. The first-order chi connectivity index (χ1) is 13.1. The van der Waals surface area contributed by atoms with Crippen LogP contribution in [-0.4, -0.2) is 43.5 Å². The third kappa shape index (κ3) is 5.45. The molecule has 1 unspecified atom stereocenters. The SMILES string of the molecule is CN=C(NCc1cccc(C(N)=O)c1)N1CCOC(c2ccccc2C)C1.I. The molecule has 3 N–H and O–H groups in total. The van der Waals surface area contributed by atoms with Gasteiger partial charge in [0.2, 0.25) is 5.91 Å². The Morgan fingerprint density at radius 3 is 2.79 bits per heavy atom. The number of nitrogens with one attached hydrogen (secondary N) is 1. The van der Waals surface area contributed by atoms with Gasteiger partial charge in [-0.15, -0.1) is 24.0 Å². The second-order valence-electron chi connectivity index (χ2n) is 6.63. The summed E-state index contributed by atoms with van der Waals surface area (Å²) < 4.78 is 6.00. The van der Waals surface area contributed by atoms with E-state index in [4.69, 9.17) is 10.5 Å². The molecule has 1 fully saturated rings. The van der Waals surface area contributed by atoms with E-state index in [0.29, 0.717) is 18.7 Å². The van der Waals surface area contributed by atoms with Crippen LogP contribution in [0, 0.1) is 6.92 Å². The molecule has 7 heteroatoms. The number of hydrogen-bond donors (Lipinski definition) is 2. The molecule has 0 bridgehead atoms. The zero-order chi connectivity index (χ0) is 19.2. The van der Waals surface area contributed by atoms with Crippen molar-refractivity contribution in [1.82, 2.24) is 10.2 Å². The number of morpholine rings is 1. The van der Waals surface area contributed by atoms with E-state index in [1.54, 1.807) is 19.2 Å². The zero-order valence-electron chi connectivity index (χ0n) is 16.2. The number of benzene rings is 2. The lowest BCUT2D eigenvalue weighted by atomic mass is 10.0. The highest BCUT2D eigenvalue weighted by molar-refractivity contribution is 14.0. The Hall–Kier alpha value is -2.13. The summed E-state index contributed by atoms with van der Waals surface area (Å²) in [6.07, 6.45) is 0.0247. The maximum Gasteiger partial charge on any atom is 0.248 e. The molecule has 1 aliphatic heterocycles. The van der Waals surface area contributed by atoms with Crippen molar-refractivity contribution in [2.75, 3.05) is 26.7 Å². The van der Waals surface area contributed by atoms with Crippen LogP contribution in [0.25, 0.3) is 0 Å². The second-order valence-corrected chi connectivity index (χ2v) is 6.63. The summed E-state index contributed by atoms with van der Waals surface area (Å²) >= 11 is 0. The molecule has 0 aromatic heterocycles. The van der Waals surface area contributed by atoms with Crippen molar-refractivity contribution < 1.29 is 9.53 Å². The molecule has 2 aromatic carbocycles. The highest BCUT2D eigenvalue weighted by atomic mass is 127. The van der Waals surface area contributed by atoms with E-state index in [2.05, 4.69) is 34.3 Å². The van der Waals surface area contributed by atoms with Crippen LogP contribution >= 0.6 is 24.0 Å². The number of hydrogen-bond acceptors (Lipinski definition) is 3. The summed E-state index contributed by atoms with van der Waals surface area (Å²) in [6, 6.07) is 15.6. The maximum absolute atomic E-state index is 11.3. The van der Waals surface area contributed by atoms with Crippen molar-refractivity contribution >= 4 is 35.8 Å². The fourth-order valence-corrected chi connectivity index (χ4v) is 3.33. The van der Waals surface area contributed by atoms with Gasteiger partial charge in [0.25, 0.3) is 0 Å². The molecule has 0 spiro atoms. The number of carbonyl (C=O) groups excluding carboxylic acids is 1. The van der Waals surface area contributed by atoms with E-state index in [1.807, 2.05) is 24.3 Å². The number of nitrogens with zero attached hydrogens (tertiary/aromatic N) is 2. The van der Waals surface area contributed by atoms with E-state index in [9.17, 15) is 4.79 Å². The molecule has 0 saturated carbocycles. The summed E-state index contributed by atoms with van der Waals surface area (Å²) in [6.45, 7) is 4.85. The Morgan fingerprint density at radius 2 is 2.07 bits per heavy atom. The van der Waals surface area contributed by atoms with Gasteiger partial charge in [0.15, 0.2) is 5.96 Å². The Morgan fingerprint density at radius 1 is 1.29 bits per heavy atom. The van der Waals surface area contributed by atoms with Crippen LogP contribution in [0.1, 0.15) is 33.2 Å². The number of ether oxygens (including phenoxy) is 1. The molecule has 0 aliphatic carbocycles. The number of carbonyl (C=O) groups is 1. The quantitative estimate of drug-likeness (QED) is 0.389. The number of nitrogens with two attached hydrogens (primary N) is 1. The largest absolute Gasteiger partial charge is 0.370 e. The molecule has 1 saturated heterocycles. The van der Waals surface area contributed by atoms with Crippen LogP contribution in [0.2, 0.25) is 0 Å². The highest BCUT2D eigenvalue weighted by Crippen LogP contribution is 2.25. The van der Waals surface area contributed by atoms with E-state index < -0.39 is 5.91 Å². The number of rotatable bonds is 4. The van der Waals surface area contributed by atoms with Gasteiger partial charge in [0.1, 0.15) is 6.10 Å². The topological polar surface area (TPSA) is 79.9 Å². The van der Waals surface area contributed by atoms with Gasteiger partial charge in [-0.3, -0.25) is 9.79 Å². The van der Waals surface area contributed by atoms with Gasteiger partial charge in [-0.25, -0.2) is 0 Å². The number of halogens is 1. The van der Waals surface area contributed by atoms with Gasteiger partial charge in [0, 0.05) is 25.7 Å². The highest BCUT2D eigenvalue weighted by Gasteiger charge is 2.25. The Labute approximate surface area is 183 Å². The summed E-state index contributed by atoms with van der Waals surface area (Å²) in [7, 11) is 1.78. The lowest BCUT2D eigenvalue weighted by Gasteiger charge is -2.35. The van der Waals surface area contributed by atoms with Gasteiger partial charge in [-0.2, -0.15) is 0 Å². The van der Waals surface area contributed by atoms with Crippen LogP contribution in [0.15, 0.2) is 53.5 Å². The molecule has 2 aromatic rings. The van der Waals surface area contributed by atoms with E-state index >= 15 is 0 Å². The van der Waals surface area contributed by atoms with Crippen molar-refractivity contribution in [1.29, 1.82) is 0 Å². The van der Waals surface area contributed by atoms with Crippen molar-refractivity contribution in [3.8, 4) is 0 Å². The third-order valence-electron chi connectivity index (χ3n) is 4.78. The fourth-order valence-electron chi connectivity index (χ4n) is 3.33. The van der Waals surface area contributed by atoms with E-state index in [-0.39, 0.29) is 30.1 Å². The average Bonchev–Trinajstić information content (AvgIpc) is 2.69. The third-order valence-corrected chi connectivity index (χ3v) is 4.78. The first kappa shape index (κ1) is 22.2. The first-order valence-corrected chi connectivity index (χ1v) is 9.10. The lowest BCUT2D eigenvalue weighted by molar-refractivity contribution is -0.00834. The number of aryl methyl sites for hydroxylation is 1. The van der Waals surface area contributed by atoms with Gasteiger partial charge < -0.3 is 20.7 Å². The molecule has 1 heterocycles. The molecule has 1 amide bonds. The van der Waals surface area contributed by atoms with Gasteiger partial charge >= 0.3 is 0 Å². The predicted octanol–water partition coefficient (Wildman–Crippen LogP) is 2.86. The van der Waals surface area contributed by atoms with Crippen molar-refractivity contribution in [2.24, 2.45) is 10.7 Å². The molecule has 0 radical (unpaired) electrons. The van der Waals surface area contributed by atoms with E-state index in [1.165, 1.54) is 11.1 Å². The van der Waals surface area contributed by atoms with Crippen LogP contribution in [-0.2, 0) is 11.3 Å². The normalized spacial score (nSPS) is 17.0. The minimum Gasteiger partial charge on any atom is -0.370 e. The van der Waals surface area contributed by atoms with Crippen LogP contribution in [0.3, 0.4) is 0 Å². The Bertz CT molecular complexity index is 841. The van der Waals surface area contributed by atoms with Crippen LogP contribution in [0.4, 0.5) is 0 Å². The Kier molecular flexibility index (Phi) is 8.25. The molecular weight excluding hydrogens is 467 g/mol. The van der Waals surface area contributed by atoms with Crippen LogP contribution < -0.4 is 11.1 Å². The summed E-state index contributed by atoms with van der Waals surface area (Å²) in [5.41, 5.74) is 9.30. The van der Waals surface area contributed by atoms with Crippen LogP contribution in [0.5, 0.6) is 0 Å². The smallest absolute Gasteiger partial charge is 0.248 e. The predicted molar refractivity (Wildman–Crippen MR) is 122 cm³/mol. The van der Waals surface area contributed by atoms with Gasteiger partial charge in [0.05, 0.1) is 13.2 Å². The minimum absolute atomic E-state index is 0. The first-order valence-electron chi connectivity index (χ1n) is 9.10. The number of amides is 1. The van der Waals surface area contributed by atoms with Crippen molar-refractivity contribution in [3.63, 3.8) is 0 Å². The Balaban J connectivity index is 0.00000280. The number of aliphatic imine (C=N–C) groups is 1. The zero-order valence-corrected chi connectivity index (χ0v) is 18.6. The summed E-state index contributed by atoms with van der Waals surface area (Å²) in [5, 5.41) is 3.38. The molecule has 3 rings (SSSR count). The van der Waals surface area contributed by atoms with Gasteiger partial charge in [-0.1, -0.05) is 36.4 Å². The molecule has 150 valence electrons. The summed E-state index contributed by atoms with van der Waals surface area (Å²) in [4.78, 5) is 18.0. The minimum atomic E-state index is -0.421. The average molecular weight is 494 g/mol. The standard InChI is InChI=1S/C21H26N4O2.HI/c1-15-6-3-4-9-18(15)19-14-25(10-11-27-19)21(23-2)24-13-16-7-5-8-17(12-16)20(22)26;/h3-9,12,19H,10-11,13-14H2,1-2H3,(H2,22,26)(H,23,24);1H. The molecular formula is C21H27IN4O2. The maximum atomic E-state index is 11.3. The molecule has 1 aliphatic rings. The molecule has 6 nitrogen and oxygen atoms in total. The summed E-state index contributed by atoms with van der Waals surface area (Å²) in [5.74, 6) is 0.400. The second kappa shape index (κ2) is 10.4. The lowest BCUT2D eigenvalue weighted by Crippen LogP contribution is -2.48. The molecule has 1 atom stereocenters.